The Morgan fingerprint density at radius 2 is 2.03 bits per heavy atom. The summed E-state index contributed by atoms with van der Waals surface area (Å²) in [5.74, 6) is 1.01. The van der Waals surface area contributed by atoms with Crippen LogP contribution in [0.5, 0.6) is 0 Å². The van der Waals surface area contributed by atoms with Crippen LogP contribution in [0.4, 0.5) is 0 Å². The molecule has 0 saturated carbocycles. The number of hydrogen-bond donors (Lipinski definition) is 2. The van der Waals surface area contributed by atoms with Crippen LogP contribution in [0.1, 0.15) is 23.7 Å². The normalized spacial score (nSPS) is 16.8. The van der Waals surface area contributed by atoms with E-state index in [9.17, 15) is 4.79 Å². The first-order valence-electron chi connectivity index (χ1n) is 9.50. The summed E-state index contributed by atoms with van der Waals surface area (Å²) in [5, 5.41) is 4.70. The molecule has 2 aromatic heterocycles. The van der Waals surface area contributed by atoms with Crippen molar-refractivity contribution in [1.82, 2.24) is 14.7 Å². The van der Waals surface area contributed by atoms with Gasteiger partial charge in [0.25, 0.3) is 0 Å². The van der Waals surface area contributed by atoms with Gasteiger partial charge in [0.2, 0.25) is 5.91 Å². The highest BCUT2D eigenvalue weighted by Crippen LogP contribution is 2.33. The lowest BCUT2D eigenvalue weighted by Gasteiger charge is -2.37. The molecule has 3 heterocycles. The van der Waals surface area contributed by atoms with Gasteiger partial charge in [-0.05, 0) is 36.6 Å². The molecule has 2 atom stereocenters. The largest absolute Gasteiger partial charge is 0.463 e. The highest BCUT2D eigenvalue weighted by atomic mass is 35.5. The Bertz CT molecular complexity index is 930. The topological polar surface area (TPSA) is 77.3 Å². The van der Waals surface area contributed by atoms with Gasteiger partial charge in [0.15, 0.2) is 5.76 Å². The maximum atomic E-state index is 12.9. The third-order valence-corrected chi connectivity index (χ3v) is 5.59. The van der Waals surface area contributed by atoms with Crippen LogP contribution in [0.2, 0.25) is 0 Å². The van der Waals surface area contributed by atoms with Crippen molar-refractivity contribution in [3.05, 3.63) is 66.1 Å². The third kappa shape index (κ3) is 4.52. The molecular formula is C21H25ClN4O2S. The van der Waals surface area contributed by atoms with Gasteiger partial charge in [0, 0.05) is 12.3 Å². The van der Waals surface area contributed by atoms with Gasteiger partial charge in [-0.15, -0.1) is 12.4 Å². The Labute approximate surface area is 181 Å². The van der Waals surface area contributed by atoms with Crippen molar-refractivity contribution in [1.29, 1.82) is 0 Å². The number of nitrogens with two attached hydrogens (primary N) is 1. The maximum Gasteiger partial charge on any atom is 0.240 e. The number of aromatic nitrogens is 2. The molecule has 0 bridgehead atoms. The Balaban J connectivity index is 0.00000240. The molecule has 0 unspecified atom stereocenters. The van der Waals surface area contributed by atoms with E-state index in [1.807, 2.05) is 46.0 Å². The van der Waals surface area contributed by atoms with E-state index < -0.39 is 6.04 Å². The van der Waals surface area contributed by atoms with E-state index in [2.05, 4.69) is 24.8 Å². The summed E-state index contributed by atoms with van der Waals surface area (Å²) in [5.41, 5.74) is 9.07. The molecule has 3 aromatic rings. The number of benzene rings is 1. The summed E-state index contributed by atoms with van der Waals surface area (Å²) in [6, 6.07) is 15.4. The van der Waals surface area contributed by atoms with Crippen LogP contribution in [-0.2, 0) is 17.8 Å². The van der Waals surface area contributed by atoms with Gasteiger partial charge in [-0.1, -0.05) is 30.3 Å². The number of carbonyl (C=O) groups is 1. The van der Waals surface area contributed by atoms with E-state index in [0.29, 0.717) is 18.8 Å². The molecule has 0 spiro atoms. The predicted molar refractivity (Wildman–Crippen MR) is 118 cm³/mol. The summed E-state index contributed by atoms with van der Waals surface area (Å²) in [6.07, 6.45) is 3.31. The molecule has 0 radical (unpaired) electrons. The molecule has 0 aliphatic carbocycles. The number of aryl methyl sites for hydroxylation is 1. The van der Waals surface area contributed by atoms with Crippen molar-refractivity contribution < 1.29 is 9.21 Å². The van der Waals surface area contributed by atoms with Crippen LogP contribution in [0.25, 0.3) is 11.5 Å². The number of amides is 1. The molecule has 6 nitrogen and oxygen atoms in total. The van der Waals surface area contributed by atoms with Gasteiger partial charge in [-0.3, -0.25) is 9.48 Å². The van der Waals surface area contributed by atoms with Crippen LogP contribution >= 0.6 is 25.0 Å². The van der Waals surface area contributed by atoms with Gasteiger partial charge in [0.05, 0.1) is 30.6 Å². The first kappa shape index (κ1) is 21.5. The second-order valence-electron chi connectivity index (χ2n) is 7.02. The van der Waals surface area contributed by atoms with Crippen LogP contribution in [0.3, 0.4) is 0 Å². The summed E-state index contributed by atoms with van der Waals surface area (Å²) in [4.78, 5) is 14.8. The van der Waals surface area contributed by atoms with Crippen molar-refractivity contribution >= 4 is 30.9 Å². The van der Waals surface area contributed by atoms with Crippen molar-refractivity contribution in [3.63, 3.8) is 0 Å². The number of fused-ring (bicyclic) bond motifs is 1. The van der Waals surface area contributed by atoms with Gasteiger partial charge < -0.3 is 15.1 Å². The first-order valence-corrected chi connectivity index (χ1v) is 10.1. The zero-order chi connectivity index (χ0) is 19.5. The number of carbonyl (C=O) groups excluding carboxylic acids is 1. The molecule has 1 aromatic carbocycles. The van der Waals surface area contributed by atoms with E-state index in [1.54, 1.807) is 6.26 Å². The van der Waals surface area contributed by atoms with Gasteiger partial charge >= 0.3 is 0 Å². The van der Waals surface area contributed by atoms with Crippen molar-refractivity contribution in [3.8, 4) is 11.5 Å². The number of nitrogens with zero attached hydrogens (tertiary/aromatic N) is 3. The molecule has 0 fully saturated rings. The van der Waals surface area contributed by atoms with Crippen LogP contribution < -0.4 is 5.73 Å². The zero-order valence-corrected chi connectivity index (χ0v) is 17.7. The second-order valence-corrected chi connectivity index (χ2v) is 7.38. The number of furan rings is 1. The van der Waals surface area contributed by atoms with E-state index in [-0.39, 0.29) is 24.4 Å². The summed E-state index contributed by atoms with van der Waals surface area (Å²) >= 11 is 4.21. The third-order valence-electron chi connectivity index (χ3n) is 5.20. The molecule has 1 amide bonds. The van der Waals surface area contributed by atoms with Gasteiger partial charge in [-0.25, -0.2) is 0 Å². The smallest absolute Gasteiger partial charge is 0.240 e. The highest BCUT2D eigenvalue weighted by molar-refractivity contribution is 7.80. The summed E-state index contributed by atoms with van der Waals surface area (Å²) < 4.78 is 7.49. The van der Waals surface area contributed by atoms with E-state index >= 15 is 0 Å². The van der Waals surface area contributed by atoms with Crippen LogP contribution in [0, 0.1) is 0 Å². The second kappa shape index (κ2) is 9.52. The summed E-state index contributed by atoms with van der Waals surface area (Å²) in [6.45, 7) is 1.23. The van der Waals surface area contributed by atoms with Crippen molar-refractivity contribution in [2.75, 3.05) is 12.3 Å². The van der Waals surface area contributed by atoms with Crippen molar-refractivity contribution in [2.45, 2.75) is 31.5 Å². The van der Waals surface area contributed by atoms with E-state index in [1.165, 1.54) is 5.56 Å². The average Bonchev–Trinajstić information content (AvgIpc) is 3.41. The minimum atomic E-state index is -0.596. The lowest BCUT2D eigenvalue weighted by Crippen LogP contribution is -2.50. The fourth-order valence-electron chi connectivity index (χ4n) is 3.75. The molecule has 0 saturated heterocycles. The highest BCUT2D eigenvalue weighted by Gasteiger charge is 2.34. The van der Waals surface area contributed by atoms with Gasteiger partial charge in [0.1, 0.15) is 5.69 Å². The number of hydrogen-bond acceptors (Lipinski definition) is 5. The maximum absolute atomic E-state index is 12.9. The molecular weight excluding hydrogens is 408 g/mol. The molecule has 29 heavy (non-hydrogen) atoms. The van der Waals surface area contributed by atoms with E-state index in [4.69, 9.17) is 15.2 Å². The fraction of sp³-hybridized carbons (Fsp3) is 0.333. The zero-order valence-electron chi connectivity index (χ0n) is 16.0. The molecule has 154 valence electrons. The van der Waals surface area contributed by atoms with E-state index in [0.717, 1.165) is 30.0 Å². The SMILES string of the molecule is Cl.N[C@@H](CS)C(=O)N1CCn2nc(-c3ccco3)cc2[C@@H]1CCc1ccccc1. The molecule has 2 N–H and O–H groups in total. The molecule has 1 aliphatic rings. The average molecular weight is 433 g/mol. The molecule has 1 aliphatic heterocycles. The monoisotopic (exact) mass is 432 g/mol. The Kier molecular flexibility index (Phi) is 7.05. The standard InChI is InChI=1S/C21H24N4O2S.ClH/c22-16(14-28)21(26)24-10-11-25-19(13-17(23-25)20-7-4-12-27-20)18(24)9-8-15-5-2-1-3-6-15;/h1-7,12-13,16,18,28H,8-11,14,22H2;1H/t16-,18-;/m0./s1. The molecule has 8 heteroatoms. The number of thiol groups is 1. The predicted octanol–water partition coefficient (Wildman–Crippen LogP) is 3.34. The number of halogens is 1. The lowest BCUT2D eigenvalue weighted by molar-refractivity contribution is -0.136. The van der Waals surface area contributed by atoms with Crippen LogP contribution in [-0.4, -0.2) is 38.9 Å². The Morgan fingerprint density at radius 3 is 2.72 bits per heavy atom. The quantitative estimate of drug-likeness (QED) is 0.585. The Morgan fingerprint density at radius 1 is 1.24 bits per heavy atom. The number of rotatable bonds is 6. The molecule has 4 rings (SSSR count). The fourth-order valence-corrected chi connectivity index (χ4v) is 3.90. The Hall–Kier alpha value is -2.22. The minimum Gasteiger partial charge on any atom is -0.463 e. The van der Waals surface area contributed by atoms with Crippen LogP contribution in [0.15, 0.2) is 59.2 Å². The first-order chi connectivity index (χ1) is 13.7. The summed E-state index contributed by atoms with van der Waals surface area (Å²) in [7, 11) is 0. The minimum absolute atomic E-state index is 0. The lowest BCUT2D eigenvalue weighted by atomic mass is 9.99. The van der Waals surface area contributed by atoms with Gasteiger partial charge in [-0.2, -0.15) is 17.7 Å². The van der Waals surface area contributed by atoms with Crippen molar-refractivity contribution in [2.24, 2.45) is 5.73 Å².